The van der Waals surface area contributed by atoms with Crippen molar-refractivity contribution in [3.05, 3.63) is 29.1 Å². The fourth-order valence-corrected chi connectivity index (χ4v) is 3.29. The van der Waals surface area contributed by atoms with Crippen molar-refractivity contribution in [2.45, 2.75) is 46.0 Å². The Kier molecular flexibility index (Phi) is 5.41. The van der Waals surface area contributed by atoms with Crippen molar-refractivity contribution in [2.24, 2.45) is 5.92 Å². The fraction of sp³-hybridized carbons (Fsp3) is 0.647. The highest BCUT2D eigenvalue weighted by Gasteiger charge is 2.22. The van der Waals surface area contributed by atoms with E-state index in [1.165, 1.54) is 18.9 Å². The lowest BCUT2D eigenvalue weighted by molar-refractivity contribution is 0.219. The lowest BCUT2D eigenvalue weighted by Crippen LogP contribution is -2.33. The van der Waals surface area contributed by atoms with Crippen LogP contribution in [0.3, 0.4) is 0 Å². The van der Waals surface area contributed by atoms with Gasteiger partial charge in [0.25, 0.3) is 0 Å². The molecule has 0 aromatic heterocycles. The van der Waals surface area contributed by atoms with Crippen molar-refractivity contribution in [1.82, 2.24) is 4.90 Å². The summed E-state index contributed by atoms with van der Waals surface area (Å²) in [5.74, 6) is -0.0605. The van der Waals surface area contributed by atoms with Gasteiger partial charge in [0.2, 0.25) is 0 Å². The Hall–Kier alpha value is -1.09. The van der Waals surface area contributed by atoms with Crippen molar-refractivity contribution < 1.29 is 9.50 Å². The standard InChI is InChI=1S/C17H26FNO/c1-3-7-19(8-4-2)12-13-5-6-14-10-16(18)17(20)11-15(14)9-13/h10-11,13,20H,3-9,12H2,1-2H3/t13-/m1/s1. The molecule has 1 aromatic rings. The fourth-order valence-electron chi connectivity index (χ4n) is 3.29. The number of nitrogens with zero attached hydrogens (tertiary/aromatic N) is 1. The van der Waals surface area contributed by atoms with E-state index >= 15 is 0 Å². The highest BCUT2D eigenvalue weighted by atomic mass is 19.1. The van der Waals surface area contributed by atoms with Crippen LogP contribution in [0, 0.1) is 11.7 Å². The monoisotopic (exact) mass is 279 g/mol. The van der Waals surface area contributed by atoms with Gasteiger partial charge in [-0.1, -0.05) is 13.8 Å². The topological polar surface area (TPSA) is 23.5 Å². The van der Waals surface area contributed by atoms with Gasteiger partial charge in [0, 0.05) is 6.54 Å². The zero-order chi connectivity index (χ0) is 14.5. The molecule has 0 bridgehead atoms. The van der Waals surface area contributed by atoms with Gasteiger partial charge in [0.1, 0.15) is 0 Å². The minimum Gasteiger partial charge on any atom is -0.505 e. The van der Waals surface area contributed by atoms with Crippen LogP contribution in [0.4, 0.5) is 4.39 Å². The number of hydrogen-bond acceptors (Lipinski definition) is 2. The molecule has 0 amide bonds. The van der Waals surface area contributed by atoms with Crippen LogP contribution >= 0.6 is 0 Å². The first-order chi connectivity index (χ1) is 9.63. The SMILES string of the molecule is CCCN(CCC)C[C@@H]1CCc2cc(F)c(O)cc2C1. The predicted octanol–water partition coefficient (Wildman–Crippen LogP) is 3.76. The minimum atomic E-state index is -0.485. The van der Waals surface area contributed by atoms with E-state index in [1.54, 1.807) is 6.07 Å². The Morgan fingerprint density at radius 3 is 2.55 bits per heavy atom. The first kappa shape index (κ1) is 15.3. The van der Waals surface area contributed by atoms with E-state index in [2.05, 4.69) is 18.7 Å². The molecule has 0 aliphatic heterocycles. The Balaban J connectivity index is 2.01. The predicted molar refractivity (Wildman–Crippen MR) is 80.6 cm³/mol. The molecule has 20 heavy (non-hydrogen) atoms. The first-order valence-electron chi connectivity index (χ1n) is 7.86. The maximum Gasteiger partial charge on any atom is 0.165 e. The molecule has 1 aromatic carbocycles. The summed E-state index contributed by atoms with van der Waals surface area (Å²) in [6.45, 7) is 7.89. The molecular weight excluding hydrogens is 253 g/mol. The Bertz CT molecular complexity index is 441. The normalized spacial score (nSPS) is 18.3. The molecule has 0 radical (unpaired) electrons. The summed E-state index contributed by atoms with van der Waals surface area (Å²) in [7, 11) is 0. The third-order valence-electron chi connectivity index (χ3n) is 4.20. The highest BCUT2D eigenvalue weighted by Crippen LogP contribution is 2.30. The quantitative estimate of drug-likeness (QED) is 0.857. The van der Waals surface area contributed by atoms with E-state index < -0.39 is 5.82 Å². The second-order valence-electron chi connectivity index (χ2n) is 5.98. The van der Waals surface area contributed by atoms with Gasteiger partial charge in [-0.2, -0.15) is 0 Å². The molecule has 2 nitrogen and oxygen atoms in total. The molecule has 0 heterocycles. The van der Waals surface area contributed by atoms with Crippen molar-refractivity contribution in [1.29, 1.82) is 0 Å². The summed E-state index contributed by atoms with van der Waals surface area (Å²) in [6.07, 6.45) is 5.40. The lowest BCUT2D eigenvalue weighted by atomic mass is 9.83. The van der Waals surface area contributed by atoms with Crippen LogP contribution in [0.15, 0.2) is 12.1 Å². The largest absolute Gasteiger partial charge is 0.505 e. The smallest absolute Gasteiger partial charge is 0.165 e. The average molecular weight is 279 g/mol. The van der Waals surface area contributed by atoms with Crippen LogP contribution in [0.25, 0.3) is 0 Å². The highest BCUT2D eigenvalue weighted by molar-refractivity contribution is 5.38. The molecule has 2 rings (SSSR count). The number of fused-ring (bicyclic) bond motifs is 1. The minimum absolute atomic E-state index is 0.205. The van der Waals surface area contributed by atoms with Crippen molar-refractivity contribution >= 4 is 0 Å². The van der Waals surface area contributed by atoms with Crippen LogP contribution in [0.5, 0.6) is 5.75 Å². The summed E-state index contributed by atoms with van der Waals surface area (Å²) in [5, 5.41) is 9.53. The third kappa shape index (κ3) is 3.72. The molecule has 1 N–H and O–H groups in total. The average Bonchev–Trinajstić information content (AvgIpc) is 2.41. The van der Waals surface area contributed by atoms with E-state index in [0.29, 0.717) is 5.92 Å². The van der Waals surface area contributed by atoms with Crippen LogP contribution in [0.1, 0.15) is 44.2 Å². The van der Waals surface area contributed by atoms with Crippen molar-refractivity contribution in [3.8, 4) is 5.75 Å². The molecule has 0 spiro atoms. The second kappa shape index (κ2) is 7.07. The Morgan fingerprint density at radius 1 is 1.20 bits per heavy atom. The number of hydrogen-bond donors (Lipinski definition) is 1. The summed E-state index contributed by atoms with van der Waals surface area (Å²) in [4.78, 5) is 2.54. The van der Waals surface area contributed by atoms with E-state index in [9.17, 15) is 9.50 Å². The summed E-state index contributed by atoms with van der Waals surface area (Å²) in [6, 6.07) is 3.14. The van der Waals surface area contributed by atoms with Crippen molar-refractivity contribution in [3.63, 3.8) is 0 Å². The molecular formula is C17H26FNO. The number of benzene rings is 1. The van der Waals surface area contributed by atoms with Crippen LogP contribution in [-0.4, -0.2) is 29.6 Å². The second-order valence-corrected chi connectivity index (χ2v) is 5.98. The number of phenols is 1. The van der Waals surface area contributed by atoms with Crippen LogP contribution in [0.2, 0.25) is 0 Å². The number of aromatic hydroxyl groups is 1. The van der Waals surface area contributed by atoms with E-state index in [4.69, 9.17) is 0 Å². The van der Waals surface area contributed by atoms with E-state index in [1.807, 2.05) is 0 Å². The summed E-state index contributed by atoms with van der Waals surface area (Å²) < 4.78 is 13.4. The van der Waals surface area contributed by atoms with Crippen LogP contribution < -0.4 is 0 Å². The Labute approximate surface area is 121 Å². The maximum absolute atomic E-state index is 13.4. The zero-order valence-corrected chi connectivity index (χ0v) is 12.7. The molecule has 1 aliphatic rings. The number of rotatable bonds is 6. The molecule has 0 unspecified atom stereocenters. The summed E-state index contributed by atoms with van der Waals surface area (Å²) in [5.41, 5.74) is 2.21. The van der Waals surface area contributed by atoms with Gasteiger partial charge in [0.05, 0.1) is 0 Å². The first-order valence-corrected chi connectivity index (χ1v) is 7.86. The van der Waals surface area contributed by atoms with Gasteiger partial charge in [-0.15, -0.1) is 0 Å². The molecule has 112 valence electrons. The molecule has 0 saturated carbocycles. The summed E-state index contributed by atoms with van der Waals surface area (Å²) >= 11 is 0. The van der Waals surface area contributed by atoms with Crippen LogP contribution in [-0.2, 0) is 12.8 Å². The molecule has 0 saturated heterocycles. The number of aryl methyl sites for hydroxylation is 1. The zero-order valence-electron chi connectivity index (χ0n) is 12.7. The van der Waals surface area contributed by atoms with E-state index in [-0.39, 0.29) is 5.75 Å². The molecule has 3 heteroatoms. The Morgan fingerprint density at radius 2 is 1.90 bits per heavy atom. The third-order valence-corrected chi connectivity index (χ3v) is 4.20. The van der Waals surface area contributed by atoms with Crippen molar-refractivity contribution in [2.75, 3.05) is 19.6 Å². The lowest BCUT2D eigenvalue weighted by Gasteiger charge is -2.30. The molecule has 0 fully saturated rings. The van der Waals surface area contributed by atoms with E-state index in [0.717, 1.165) is 50.0 Å². The number of phenolic OH excluding ortho intramolecular Hbond substituents is 1. The van der Waals surface area contributed by atoms with Gasteiger partial charge >= 0.3 is 0 Å². The maximum atomic E-state index is 13.4. The van der Waals surface area contributed by atoms with Gasteiger partial charge in [-0.05, 0) is 74.4 Å². The van der Waals surface area contributed by atoms with Gasteiger partial charge in [-0.3, -0.25) is 0 Å². The molecule has 1 aliphatic carbocycles. The van der Waals surface area contributed by atoms with Gasteiger partial charge in [0.15, 0.2) is 11.6 Å². The van der Waals surface area contributed by atoms with Gasteiger partial charge in [-0.25, -0.2) is 4.39 Å². The number of halogens is 1. The molecule has 1 atom stereocenters. The van der Waals surface area contributed by atoms with Gasteiger partial charge < -0.3 is 10.0 Å².